The molecule has 0 radical (unpaired) electrons. The quantitative estimate of drug-likeness (QED) is 0.455. The van der Waals surface area contributed by atoms with Crippen LogP contribution in [0.25, 0.3) is 5.57 Å². The monoisotopic (exact) mass is 386 g/mol. The first-order chi connectivity index (χ1) is 12.5. The van der Waals surface area contributed by atoms with Crippen LogP contribution in [0.15, 0.2) is 48.7 Å². The summed E-state index contributed by atoms with van der Waals surface area (Å²) >= 11 is 0. The van der Waals surface area contributed by atoms with Crippen molar-refractivity contribution in [1.82, 2.24) is 0 Å². The zero-order chi connectivity index (χ0) is 20.0. The number of aliphatic hydroxyl groups excluding tert-OH is 1. The van der Waals surface area contributed by atoms with Gasteiger partial charge < -0.3 is 9.53 Å². The van der Waals surface area contributed by atoms with Crippen molar-refractivity contribution in [1.29, 1.82) is 0 Å². The molecule has 1 N–H and O–H groups in total. The average Bonchev–Trinajstić information content (AvgIpc) is 3.01. The molecule has 3 unspecified atom stereocenters. The number of aliphatic hydroxyl groups is 1. The summed E-state index contributed by atoms with van der Waals surface area (Å²) in [5.74, 6) is 0.208. The Hall–Kier alpha value is -1.69. The van der Waals surface area contributed by atoms with E-state index in [0.29, 0.717) is 25.1 Å². The Morgan fingerprint density at radius 2 is 1.93 bits per heavy atom. The van der Waals surface area contributed by atoms with E-state index in [9.17, 15) is 9.90 Å². The van der Waals surface area contributed by atoms with Gasteiger partial charge in [0.25, 0.3) is 0 Å². The zero-order valence-electron chi connectivity index (χ0n) is 17.2. The van der Waals surface area contributed by atoms with Crippen molar-refractivity contribution in [3.63, 3.8) is 0 Å². The van der Waals surface area contributed by atoms with Gasteiger partial charge in [-0.05, 0) is 29.8 Å². The Balaban J connectivity index is 1.95. The van der Waals surface area contributed by atoms with Crippen molar-refractivity contribution in [2.45, 2.75) is 57.5 Å². The van der Waals surface area contributed by atoms with Crippen molar-refractivity contribution in [2.24, 2.45) is 0 Å². The molecule has 0 aliphatic carbocycles. The van der Waals surface area contributed by atoms with E-state index >= 15 is 0 Å². The second-order valence-electron chi connectivity index (χ2n) is 9.37. The highest BCUT2D eigenvalue weighted by Gasteiger charge is 2.61. The molecule has 0 spiro atoms. The molecule has 1 saturated heterocycles. The van der Waals surface area contributed by atoms with E-state index in [2.05, 4.69) is 40.4 Å². The fourth-order valence-corrected chi connectivity index (χ4v) is 5.51. The maximum absolute atomic E-state index is 13.5. The van der Waals surface area contributed by atoms with Gasteiger partial charge in [0.2, 0.25) is 0 Å². The number of quaternary nitrogens is 1. The largest absolute Gasteiger partial charge is 0.506 e. The van der Waals surface area contributed by atoms with Crippen LogP contribution in [0.5, 0.6) is 0 Å². The number of amides is 1. The van der Waals surface area contributed by atoms with Crippen LogP contribution in [-0.2, 0) is 9.22 Å². The lowest BCUT2D eigenvalue weighted by atomic mass is 10.0. The fraction of sp³-hybridized carbons (Fsp3) is 0.500. The molecule has 3 atom stereocenters. The van der Waals surface area contributed by atoms with Crippen LogP contribution in [0.1, 0.15) is 32.8 Å². The minimum absolute atomic E-state index is 0.00932. The highest BCUT2D eigenvalue weighted by Crippen LogP contribution is 2.46. The van der Waals surface area contributed by atoms with Crippen molar-refractivity contribution in [3.05, 3.63) is 54.3 Å². The molecule has 27 heavy (non-hydrogen) atoms. The third-order valence-corrected chi connectivity index (χ3v) is 11.1. The fourth-order valence-electron chi connectivity index (χ4n) is 4.15. The number of hydrogen-bond donors (Lipinski definition) is 1. The second-order valence-corrected chi connectivity index (χ2v) is 14.1. The SMILES string of the molecule is C=CC[N+]12CC(O[Si](C)(C)C(C)(C)C)CC1C(O)=C(c1ccccc1)C2=O. The summed E-state index contributed by atoms with van der Waals surface area (Å²) in [5, 5.41) is 11.1. The van der Waals surface area contributed by atoms with Crippen molar-refractivity contribution < 1.29 is 18.8 Å². The molecule has 1 fully saturated rings. The van der Waals surface area contributed by atoms with Gasteiger partial charge in [-0.15, -0.1) is 0 Å². The first-order valence-electron chi connectivity index (χ1n) is 9.72. The number of carbonyl (C=O) groups excluding carboxylic acids is 1. The van der Waals surface area contributed by atoms with Crippen LogP contribution in [-0.4, -0.2) is 49.0 Å². The molecule has 1 aromatic rings. The number of hydrogen-bond acceptors (Lipinski definition) is 3. The van der Waals surface area contributed by atoms with Gasteiger partial charge in [0.05, 0.1) is 0 Å². The van der Waals surface area contributed by atoms with E-state index in [4.69, 9.17) is 4.43 Å². The van der Waals surface area contributed by atoms with E-state index in [1.165, 1.54) is 0 Å². The van der Waals surface area contributed by atoms with Crippen molar-refractivity contribution >= 4 is 19.8 Å². The molecule has 2 aliphatic rings. The predicted molar refractivity (Wildman–Crippen MR) is 112 cm³/mol. The number of rotatable bonds is 5. The molecule has 2 aliphatic heterocycles. The number of carbonyl (C=O) groups is 1. The van der Waals surface area contributed by atoms with E-state index in [-0.39, 0.29) is 33.3 Å². The number of benzene rings is 1. The van der Waals surface area contributed by atoms with Crippen LogP contribution in [0.3, 0.4) is 0 Å². The highest BCUT2D eigenvalue weighted by molar-refractivity contribution is 6.74. The van der Waals surface area contributed by atoms with E-state index in [0.717, 1.165) is 5.56 Å². The second kappa shape index (κ2) is 6.73. The summed E-state index contributed by atoms with van der Waals surface area (Å²) in [6.07, 6.45) is 2.45. The number of fused-ring (bicyclic) bond motifs is 1. The van der Waals surface area contributed by atoms with Gasteiger partial charge >= 0.3 is 5.91 Å². The van der Waals surface area contributed by atoms with Crippen molar-refractivity contribution in [3.8, 4) is 0 Å². The van der Waals surface area contributed by atoms with E-state index in [1.54, 1.807) is 6.08 Å². The van der Waals surface area contributed by atoms with Crippen LogP contribution in [0.2, 0.25) is 18.1 Å². The zero-order valence-corrected chi connectivity index (χ0v) is 18.2. The van der Waals surface area contributed by atoms with Gasteiger partial charge in [0.15, 0.2) is 20.1 Å². The summed E-state index contributed by atoms with van der Waals surface area (Å²) in [6, 6.07) is 9.25. The average molecular weight is 387 g/mol. The van der Waals surface area contributed by atoms with Gasteiger partial charge in [-0.3, -0.25) is 0 Å². The third kappa shape index (κ3) is 3.22. The minimum atomic E-state index is -1.94. The normalized spacial score (nSPS) is 28.6. The predicted octanol–water partition coefficient (Wildman–Crippen LogP) is 4.66. The molecule has 1 aromatic carbocycles. The summed E-state index contributed by atoms with van der Waals surface area (Å²) in [6.45, 7) is 16.1. The van der Waals surface area contributed by atoms with E-state index in [1.807, 2.05) is 30.3 Å². The first kappa shape index (κ1) is 20.1. The Morgan fingerprint density at radius 3 is 2.48 bits per heavy atom. The Labute approximate surface area is 163 Å². The Bertz CT molecular complexity index is 778. The van der Waals surface area contributed by atoms with Gasteiger partial charge in [-0.2, -0.15) is 0 Å². The maximum atomic E-state index is 13.5. The van der Waals surface area contributed by atoms with Gasteiger partial charge in [-0.1, -0.05) is 57.7 Å². The van der Waals surface area contributed by atoms with Crippen LogP contribution in [0.4, 0.5) is 0 Å². The molecule has 2 heterocycles. The molecular formula is C22H32NO3Si+. The third-order valence-electron chi connectivity index (χ3n) is 6.59. The molecule has 0 aromatic heterocycles. The standard InChI is InChI=1S/C22H31NO3Si/c1-7-13-23-15-17(26-27(5,6)22(2,3)4)14-18(23)20(24)19(21(23)25)16-11-9-8-10-12-16/h7-12,17-18H,1,13-15H2,2-6H3/p+1. The van der Waals surface area contributed by atoms with Crippen LogP contribution in [0, 0.1) is 0 Å². The van der Waals surface area contributed by atoms with E-state index < -0.39 is 8.32 Å². The summed E-state index contributed by atoms with van der Waals surface area (Å²) in [5.41, 5.74) is 1.26. The molecule has 5 heteroatoms. The smallest absolute Gasteiger partial charge is 0.351 e. The Kier molecular flexibility index (Phi) is 5.00. The van der Waals surface area contributed by atoms with Crippen molar-refractivity contribution in [2.75, 3.05) is 13.1 Å². The topological polar surface area (TPSA) is 46.5 Å². The van der Waals surface area contributed by atoms with Gasteiger partial charge in [-0.25, -0.2) is 9.28 Å². The number of nitrogens with zero attached hydrogens (tertiary/aromatic N) is 1. The summed E-state index contributed by atoms with van der Waals surface area (Å²) in [4.78, 5) is 13.5. The first-order valence-corrected chi connectivity index (χ1v) is 12.6. The molecule has 0 bridgehead atoms. The lowest BCUT2D eigenvalue weighted by molar-refractivity contribution is -0.851. The lowest BCUT2D eigenvalue weighted by Crippen LogP contribution is -2.54. The lowest BCUT2D eigenvalue weighted by Gasteiger charge is -2.38. The van der Waals surface area contributed by atoms with Gasteiger partial charge in [0.1, 0.15) is 24.8 Å². The molecule has 146 valence electrons. The summed E-state index contributed by atoms with van der Waals surface area (Å²) < 4.78 is 6.82. The molecular weight excluding hydrogens is 354 g/mol. The van der Waals surface area contributed by atoms with Gasteiger partial charge in [0, 0.05) is 6.42 Å². The van der Waals surface area contributed by atoms with Crippen LogP contribution >= 0.6 is 0 Å². The van der Waals surface area contributed by atoms with Crippen LogP contribution < -0.4 is 0 Å². The molecule has 3 rings (SSSR count). The maximum Gasteiger partial charge on any atom is 0.351 e. The molecule has 0 saturated carbocycles. The summed E-state index contributed by atoms with van der Waals surface area (Å²) in [7, 11) is -1.94. The molecule has 1 amide bonds. The highest BCUT2D eigenvalue weighted by atomic mass is 28.4. The Morgan fingerprint density at radius 1 is 1.30 bits per heavy atom. The molecule has 4 nitrogen and oxygen atoms in total. The minimum Gasteiger partial charge on any atom is -0.506 e.